The highest BCUT2D eigenvalue weighted by Gasteiger charge is 2.19. The zero-order valence-electron chi connectivity index (χ0n) is 16.4. The summed E-state index contributed by atoms with van der Waals surface area (Å²) >= 11 is 0. The van der Waals surface area contributed by atoms with Crippen molar-refractivity contribution in [2.75, 3.05) is 4.72 Å². The average molecular weight is 424 g/mol. The number of benzene rings is 1. The molecule has 0 aliphatic rings. The first kappa shape index (κ1) is 19.6. The van der Waals surface area contributed by atoms with Gasteiger partial charge in [0.1, 0.15) is 11.6 Å². The quantitative estimate of drug-likeness (QED) is 0.488. The molecule has 10 heteroatoms. The Kier molecular flexibility index (Phi) is 5.23. The van der Waals surface area contributed by atoms with Crippen LogP contribution >= 0.6 is 0 Å². The van der Waals surface area contributed by atoms with Crippen LogP contribution in [0.15, 0.2) is 72.1 Å². The molecule has 0 atom stereocenters. The third-order valence-electron chi connectivity index (χ3n) is 4.39. The lowest BCUT2D eigenvalue weighted by atomic mass is 10.3. The lowest BCUT2D eigenvalue weighted by molar-refractivity contribution is 0.454. The molecule has 0 spiro atoms. The Morgan fingerprint density at radius 1 is 1.03 bits per heavy atom. The number of aryl methyl sites for hydroxylation is 2. The van der Waals surface area contributed by atoms with Gasteiger partial charge < -0.3 is 13.9 Å². The minimum atomic E-state index is -3.77. The van der Waals surface area contributed by atoms with Gasteiger partial charge in [-0.3, -0.25) is 4.72 Å². The fraction of sp³-hybridized carbons (Fsp3) is 0.150. The first-order chi connectivity index (χ1) is 14.4. The molecule has 9 nitrogen and oxygen atoms in total. The summed E-state index contributed by atoms with van der Waals surface area (Å²) in [6.45, 7) is 4.34. The summed E-state index contributed by atoms with van der Waals surface area (Å²) in [6.07, 6.45) is 5.27. The van der Waals surface area contributed by atoms with E-state index < -0.39 is 10.0 Å². The van der Waals surface area contributed by atoms with Crippen molar-refractivity contribution in [1.82, 2.24) is 24.3 Å². The van der Waals surface area contributed by atoms with Crippen molar-refractivity contribution < 1.29 is 13.2 Å². The highest BCUT2D eigenvalue weighted by molar-refractivity contribution is 7.92. The van der Waals surface area contributed by atoms with Crippen LogP contribution in [0.4, 0.5) is 5.69 Å². The van der Waals surface area contributed by atoms with Crippen molar-refractivity contribution in [3.05, 3.63) is 72.9 Å². The number of nitrogens with one attached hydrogen (secondary N) is 1. The number of nitrogens with zero attached hydrogens (tertiary/aromatic N) is 5. The number of imidazole rings is 1. The smallest absolute Gasteiger partial charge is 0.280 e. The van der Waals surface area contributed by atoms with E-state index in [0.717, 1.165) is 0 Å². The Morgan fingerprint density at radius 3 is 2.37 bits per heavy atom. The van der Waals surface area contributed by atoms with E-state index in [-0.39, 0.29) is 5.03 Å². The summed E-state index contributed by atoms with van der Waals surface area (Å²) < 4.78 is 36.9. The standard InChI is InChI=1S/C20H20N6O3S/c1-3-25-14-20(21-15(25)2)30(27,28)24-16-6-8-17(9-7-16)29-19-11-10-18(22-23-19)26-12-4-5-13-26/h4-14,24H,3H2,1-2H3. The van der Waals surface area contributed by atoms with Crippen LogP contribution in [-0.2, 0) is 16.6 Å². The first-order valence-electron chi connectivity index (χ1n) is 9.26. The number of hydrogen-bond donors (Lipinski definition) is 1. The lowest BCUT2D eigenvalue weighted by Crippen LogP contribution is -2.13. The molecule has 1 aromatic carbocycles. The van der Waals surface area contributed by atoms with Crippen LogP contribution in [0.5, 0.6) is 11.6 Å². The molecule has 0 aliphatic heterocycles. The third kappa shape index (κ3) is 4.18. The molecule has 0 unspecified atom stereocenters. The highest BCUT2D eigenvalue weighted by atomic mass is 32.2. The van der Waals surface area contributed by atoms with Crippen LogP contribution in [0.2, 0.25) is 0 Å². The number of anilines is 1. The second-order valence-electron chi connectivity index (χ2n) is 6.46. The van der Waals surface area contributed by atoms with Crippen molar-refractivity contribution in [3.8, 4) is 17.4 Å². The minimum Gasteiger partial charge on any atom is -0.438 e. The highest BCUT2D eigenvalue weighted by Crippen LogP contribution is 2.23. The van der Waals surface area contributed by atoms with Crippen LogP contribution in [0.3, 0.4) is 0 Å². The van der Waals surface area contributed by atoms with E-state index in [1.54, 1.807) is 47.9 Å². The Hall–Kier alpha value is -3.66. The minimum absolute atomic E-state index is 0.0137. The monoisotopic (exact) mass is 424 g/mol. The molecule has 4 aromatic rings. The Morgan fingerprint density at radius 2 is 1.77 bits per heavy atom. The molecule has 1 N–H and O–H groups in total. The van der Waals surface area contributed by atoms with Crippen LogP contribution in [0, 0.1) is 6.92 Å². The zero-order chi connectivity index (χ0) is 21.1. The molecule has 30 heavy (non-hydrogen) atoms. The molecule has 0 saturated carbocycles. The molecule has 0 amide bonds. The van der Waals surface area contributed by atoms with E-state index in [4.69, 9.17) is 4.74 Å². The van der Waals surface area contributed by atoms with Gasteiger partial charge in [-0.2, -0.15) is 8.42 Å². The van der Waals surface area contributed by atoms with E-state index in [1.807, 2.05) is 36.0 Å². The number of sulfonamides is 1. The van der Waals surface area contributed by atoms with Gasteiger partial charge in [-0.15, -0.1) is 10.2 Å². The molecule has 0 bridgehead atoms. The Balaban J connectivity index is 1.43. The van der Waals surface area contributed by atoms with E-state index in [9.17, 15) is 8.42 Å². The Bertz CT molecular complexity index is 1230. The van der Waals surface area contributed by atoms with Crippen LogP contribution in [-0.4, -0.2) is 32.7 Å². The molecule has 154 valence electrons. The van der Waals surface area contributed by atoms with E-state index in [0.29, 0.717) is 35.5 Å². The van der Waals surface area contributed by atoms with Gasteiger partial charge in [-0.05, 0) is 56.3 Å². The van der Waals surface area contributed by atoms with Gasteiger partial charge in [0, 0.05) is 36.9 Å². The van der Waals surface area contributed by atoms with Crippen molar-refractivity contribution in [3.63, 3.8) is 0 Å². The summed E-state index contributed by atoms with van der Waals surface area (Å²) in [5.41, 5.74) is 0.403. The van der Waals surface area contributed by atoms with Crippen LogP contribution in [0.1, 0.15) is 12.7 Å². The van der Waals surface area contributed by atoms with Gasteiger partial charge in [0.05, 0.1) is 0 Å². The van der Waals surface area contributed by atoms with Gasteiger partial charge in [-0.1, -0.05) is 0 Å². The lowest BCUT2D eigenvalue weighted by Gasteiger charge is -2.08. The van der Waals surface area contributed by atoms with Crippen molar-refractivity contribution >= 4 is 15.7 Å². The average Bonchev–Trinajstić information content (AvgIpc) is 3.40. The number of rotatable bonds is 7. The van der Waals surface area contributed by atoms with Gasteiger partial charge in [0.25, 0.3) is 10.0 Å². The first-order valence-corrected chi connectivity index (χ1v) is 10.7. The van der Waals surface area contributed by atoms with Gasteiger partial charge in [0.2, 0.25) is 5.88 Å². The van der Waals surface area contributed by atoms with E-state index in [1.165, 1.54) is 6.20 Å². The summed E-state index contributed by atoms with van der Waals surface area (Å²) in [7, 11) is -3.77. The van der Waals surface area contributed by atoms with Gasteiger partial charge in [0.15, 0.2) is 10.8 Å². The molecule has 0 saturated heterocycles. The van der Waals surface area contributed by atoms with E-state index >= 15 is 0 Å². The van der Waals surface area contributed by atoms with Crippen molar-refractivity contribution in [2.24, 2.45) is 0 Å². The predicted molar refractivity (Wildman–Crippen MR) is 111 cm³/mol. The molecular formula is C20H20N6O3S. The number of hydrogen-bond acceptors (Lipinski definition) is 6. The fourth-order valence-corrected chi connectivity index (χ4v) is 3.91. The third-order valence-corrected chi connectivity index (χ3v) is 5.65. The summed E-state index contributed by atoms with van der Waals surface area (Å²) in [4.78, 5) is 4.12. The zero-order valence-corrected chi connectivity index (χ0v) is 17.2. The summed E-state index contributed by atoms with van der Waals surface area (Å²) in [5.74, 6) is 2.16. The maximum absolute atomic E-state index is 12.5. The van der Waals surface area contributed by atoms with Gasteiger partial charge >= 0.3 is 0 Å². The SMILES string of the molecule is CCn1cc(S(=O)(=O)Nc2ccc(Oc3ccc(-n4cccc4)nn3)cc2)nc1C. The van der Waals surface area contributed by atoms with Crippen LogP contribution in [0.25, 0.3) is 5.82 Å². The summed E-state index contributed by atoms with van der Waals surface area (Å²) in [6, 6.07) is 13.8. The maximum atomic E-state index is 12.5. The number of ether oxygens (including phenoxy) is 1. The number of aromatic nitrogens is 5. The molecule has 0 fully saturated rings. The van der Waals surface area contributed by atoms with Gasteiger partial charge in [-0.25, -0.2) is 4.98 Å². The largest absolute Gasteiger partial charge is 0.438 e. The van der Waals surface area contributed by atoms with Crippen LogP contribution < -0.4 is 9.46 Å². The molecular weight excluding hydrogens is 404 g/mol. The molecule has 0 radical (unpaired) electrons. The molecule has 0 aliphatic carbocycles. The summed E-state index contributed by atoms with van der Waals surface area (Å²) in [5, 5.41) is 8.16. The predicted octanol–water partition coefficient (Wildman–Crippen LogP) is 3.39. The normalized spacial score (nSPS) is 11.4. The van der Waals surface area contributed by atoms with E-state index in [2.05, 4.69) is 19.9 Å². The topological polar surface area (TPSA) is 104 Å². The maximum Gasteiger partial charge on any atom is 0.280 e. The fourth-order valence-electron chi connectivity index (χ4n) is 2.84. The molecule has 3 heterocycles. The molecule has 3 aromatic heterocycles. The van der Waals surface area contributed by atoms with Crippen molar-refractivity contribution in [2.45, 2.75) is 25.4 Å². The Labute approximate surface area is 174 Å². The second-order valence-corrected chi connectivity index (χ2v) is 8.09. The second kappa shape index (κ2) is 7.99. The molecule has 4 rings (SSSR count). The van der Waals surface area contributed by atoms with Crippen molar-refractivity contribution in [1.29, 1.82) is 0 Å².